The number of sulfone groups is 1. The summed E-state index contributed by atoms with van der Waals surface area (Å²) >= 11 is 12.5. The minimum absolute atomic E-state index is 0.0706. The Morgan fingerprint density at radius 3 is 2.37 bits per heavy atom. The molecule has 0 heterocycles. The number of rotatable bonds is 8. The van der Waals surface area contributed by atoms with Gasteiger partial charge in [0.2, 0.25) is 0 Å². The van der Waals surface area contributed by atoms with E-state index in [0.29, 0.717) is 0 Å². The lowest BCUT2D eigenvalue weighted by molar-refractivity contribution is -0.144. The van der Waals surface area contributed by atoms with Crippen LogP contribution in [0.4, 0.5) is 5.69 Å². The van der Waals surface area contributed by atoms with Crippen LogP contribution in [0.2, 0.25) is 10.0 Å². The molecule has 1 N–H and O–H groups in total. The third-order valence-electron chi connectivity index (χ3n) is 3.82. The summed E-state index contributed by atoms with van der Waals surface area (Å²) in [6.07, 6.45) is 0. The monoisotopic (exact) mass is 474 g/mol. The van der Waals surface area contributed by atoms with Gasteiger partial charge in [0.25, 0.3) is 0 Å². The molecule has 162 valence electrons. The number of carbonyl (C=O) groups is 1. The zero-order chi connectivity index (χ0) is 22.5. The third-order valence-corrected chi connectivity index (χ3v) is 6.14. The number of azo groups is 1. The highest BCUT2D eigenvalue weighted by Crippen LogP contribution is 2.41. The maximum absolute atomic E-state index is 12.1. The van der Waals surface area contributed by atoms with Crippen molar-refractivity contribution in [2.24, 2.45) is 10.2 Å². The van der Waals surface area contributed by atoms with Crippen molar-refractivity contribution >= 4 is 44.7 Å². The van der Waals surface area contributed by atoms with Crippen molar-refractivity contribution in [1.82, 2.24) is 0 Å². The van der Waals surface area contributed by atoms with Crippen molar-refractivity contribution < 1.29 is 27.8 Å². The van der Waals surface area contributed by atoms with Gasteiger partial charge in [-0.25, -0.2) is 13.2 Å². The second kappa shape index (κ2) is 10.1. The van der Waals surface area contributed by atoms with Crippen molar-refractivity contribution in [3.63, 3.8) is 0 Å². The van der Waals surface area contributed by atoms with Gasteiger partial charge < -0.3 is 14.6 Å². The smallest absolute Gasteiger partial charge is 0.332 e. The molecule has 0 bridgehead atoms. The van der Waals surface area contributed by atoms with E-state index in [0.717, 1.165) is 0 Å². The summed E-state index contributed by atoms with van der Waals surface area (Å²) in [6.45, 7) is 4.93. The molecule has 0 aromatic heterocycles. The number of aromatic hydroxyl groups is 1. The third kappa shape index (κ3) is 5.84. The molecule has 1 unspecified atom stereocenters. The van der Waals surface area contributed by atoms with Gasteiger partial charge in [-0.1, -0.05) is 30.1 Å². The van der Waals surface area contributed by atoms with Gasteiger partial charge in [-0.15, -0.1) is 0 Å². The Hall–Kier alpha value is -2.36. The van der Waals surface area contributed by atoms with Gasteiger partial charge in [-0.2, -0.15) is 10.2 Å². The number of esters is 1. The Labute approximate surface area is 184 Å². The highest BCUT2D eigenvalue weighted by molar-refractivity contribution is 7.91. The molecule has 0 amide bonds. The van der Waals surface area contributed by atoms with E-state index in [1.54, 1.807) is 6.92 Å². The first-order chi connectivity index (χ1) is 14.1. The molecule has 0 fully saturated rings. The fourth-order valence-corrected chi connectivity index (χ4v) is 3.79. The lowest BCUT2D eigenvalue weighted by Crippen LogP contribution is -2.17. The number of benzene rings is 2. The largest absolute Gasteiger partial charge is 0.507 e. The van der Waals surface area contributed by atoms with E-state index < -0.39 is 21.8 Å². The van der Waals surface area contributed by atoms with Crippen LogP contribution in [-0.4, -0.2) is 37.9 Å². The Morgan fingerprint density at radius 1 is 1.17 bits per heavy atom. The summed E-state index contributed by atoms with van der Waals surface area (Å²) in [5.74, 6) is -0.887. The minimum Gasteiger partial charge on any atom is -0.507 e. The molecule has 2 rings (SSSR count). The zero-order valence-corrected chi connectivity index (χ0v) is 18.8. The summed E-state index contributed by atoms with van der Waals surface area (Å²) in [5, 5.41) is 17.8. The summed E-state index contributed by atoms with van der Waals surface area (Å²) in [5.41, 5.74) is 0.286. The SMILES string of the molecule is CCOC(=O)C(C)N=Nc1cc(Cl)c(Oc2ccc(O)c(S(=O)(=O)CC)c2)c(Cl)c1. The van der Waals surface area contributed by atoms with Crippen molar-refractivity contribution in [3.05, 3.63) is 40.4 Å². The average Bonchev–Trinajstić information content (AvgIpc) is 2.70. The fourth-order valence-electron chi connectivity index (χ4n) is 2.25. The maximum Gasteiger partial charge on any atom is 0.332 e. The van der Waals surface area contributed by atoms with Crippen LogP contribution in [0.15, 0.2) is 45.5 Å². The summed E-state index contributed by atoms with van der Waals surface area (Å²) in [4.78, 5) is 11.3. The topological polar surface area (TPSA) is 115 Å². The number of phenols is 1. The Kier molecular flexibility index (Phi) is 8.05. The number of nitrogens with zero attached hydrogens (tertiary/aromatic N) is 2. The predicted octanol–water partition coefficient (Wildman–Crippen LogP) is 5.32. The van der Waals surface area contributed by atoms with E-state index in [4.69, 9.17) is 32.7 Å². The molecule has 0 saturated heterocycles. The number of hydrogen-bond donors (Lipinski definition) is 1. The Bertz CT molecular complexity index is 1050. The van der Waals surface area contributed by atoms with Crippen molar-refractivity contribution in [2.45, 2.75) is 31.7 Å². The van der Waals surface area contributed by atoms with Crippen molar-refractivity contribution in [2.75, 3.05) is 12.4 Å². The molecule has 0 saturated carbocycles. The number of ether oxygens (including phenoxy) is 2. The molecule has 0 aliphatic heterocycles. The molecule has 2 aromatic rings. The maximum atomic E-state index is 12.1. The first-order valence-electron chi connectivity index (χ1n) is 8.89. The molecular weight excluding hydrogens is 455 g/mol. The fraction of sp³-hybridized carbons (Fsp3) is 0.316. The van der Waals surface area contributed by atoms with Crippen LogP contribution in [-0.2, 0) is 19.4 Å². The van der Waals surface area contributed by atoms with E-state index in [-0.39, 0.29) is 50.2 Å². The van der Waals surface area contributed by atoms with E-state index in [1.165, 1.54) is 44.2 Å². The van der Waals surface area contributed by atoms with Crippen LogP contribution in [0.1, 0.15) is 20.8 Å². The molecule has 0 aliphatic carbocycles. The molecular formula is C19H20Cl2N2O6S. The van der Waals surface area contributed by atoms with Crippen LogP contribution in [0.3, 0.4) is 0 Å². The van der Waals surface area contributed by atoms with Gasteiger partial charge in [0, 0.05) is 6.07 Å². The number of halogens is 2. The van der Waals surface area contributed by atoms with Gasteiger partial charge >= 0.3 is 5.97 Å². The second-order valence-electron chi connectivity index (χ2n) is 6.02. The van der Waals surface area contributed by atoms with E-state index in [2.05, 4.69) is 10.2 Å². The standard InChI is InChI=1S/C19H20Cl2N2O6S/c1-4-28-19(25)11(3)22-23-12-8-14(20)18(15(21)9-12)29-13-6-7-16(24)17(10-13)30(26,27)5-2/h6-11,24H,4-5H2,1-3H3. The van der Waals surface area contributed by atoms with Gasteiger partial charge in [0.15, 0.2) is 21.6 Å². The summed E-state index contributed by atoms with van der Waals surface area (Å²) in [6, 6.07) is 5.83. The summed E-state index contributed by atoms with van der Waals surface area (Å²) in [7, 11) is -3.66. The van der Waals surface area contributed by atoms with Crippen molar-refractivity contribution in [3.8, 4) is 17.2 Å². The summed E-state index contributed by atoms with van der Waals surface area (Å²) < 4.78 is 34.7. The molecule has 11 heteroatoms. The molecule has 1 atom stereocenters. The second-order valence-corrected chi connectivity index (χ2v) is 9.08. The minimum atomic E-state index is -3.66. The van der Waals surface area contributed by atoms with Gasteiger partial charge in [0.05, 0.1) is 28.1 Å². The van der Waals surface area contributed by atoms with Gasteiger partial charge in [0.1, 0.15) is 16.4 Å². The molecule has 0 aliphatic rings. The van der Waals surface area contributed by atoms with Crippen molar-refractivity contribution in [1.29, 1.82) is 0 Å². The van der Waals surface area contributed by atoms with Gasteiger partial charge in [-0.3, -0.25) is 0 Å². The Balaban J connectivity index is 2.29. The molecule has 0 spiro atoms. The number of carbonyl (C=O) groups excluding carboxylic acids is 1. The van der Waals surface area contributed by atoms with Crippen LogP contribution in [0.5, 0.6) is 17.2 Å². The van der Waals surface area contributed by atoms with E-state index in [1.807, 2.05) is 0 Å². The normalized spacial score (nSPS) is 12.7. The van der Waals surface area contributed by atoms with Gasteiger partial charge in [-0.05, 0) is 38.1 Å². The molecule has 2 aromatic carbocycles. The van der Waals surface area contributed by atoms with Crippen LogP contribution in [0, 0.1) is 0 Å². The predicted molar refractivity (Wildman–Crippen MR) is 113 cm³/mol. The van der Waals surface area contributed by atoms with Crippen LogP contribution in [0.25, 0.3) is 0 Å². The first kappa shape index (κ1) is 23.9. The zero-order valence-electron chi connectivity index (χ0n) is 16.4. The molecule has 8 nitrogen and oxygen atoms in total. The molecule has 30 heavy (non-hydrogen) atoms. The van der Waals surface area contributed by atoms with Crippen LogP contribution < -0.4 is 4.74 Å². The lowest BCUT2D eigenvalue weighted by Gasteiger charge is -2.12. The highest BCUT2D eigenvalue weighted by Gasteiger charge is 2.19. The average molecular weight is 475 g/mol. The van der Waals surface area contributed by atoms with E-state index >= 15 is 0 Å². The quantitative estimate of drug-likeness (QED) is 0.408. The lowest BCUT2D eigenvalue weighted by atomic mass is 10.3. The van der Waals surface area contributed by atoms with E-state index in [9.17, 15) is 18.3 Å². The highest BCUT2D eigenvalue weighted by atomic mass is 35.5. The number of hydrogen-bond acceptors (Lipinski definition) is 8. The van der Waals surface area contributed by atoms with Crippen LogP contribution >= 0.6 is 23.2 Å². The Morgan fingerprint density at radius 2 is 1.80 bits per heavy atom. The molecule has 0 radical (unpaired) electrons. The first-order valence-corrected chi connectivity index (χ1v) is 11.3. The number of phenolic OH excluding ortho intramolecular Hbond substituents is 1.